The summed E-state index contributed by atoms with van der Waals surface area (Å²) >= 11 is 5.73. The molecule has 0 spiro atoms. The number of halogens is 1. The van der Waals surface area contributed by atoms with Gasteiger partial charge in [0.1, 0.15) is 0 Å². The molecule has 1 aliphatic rings. The number of alkyl halides is 1. The second-order valence-electron chi connectivity index (χ2n) is 3.94. The minimum absolute atomic E-state index is 0.429. The second-order valence-corrected chi connectivity index (χ2v) is 4.20. The lowest BCUT2D eigenvalue weighted by atomic mass is 10.1. The molecule has 0 saturated carbocycles. The van der Waals surface area contributed by atoms with Gasteiger partial charge in [0, 0.05) is 30.0 Å². The summed E-state index contributed by atoms with van der Waals surface area (Å²) in [6.07, 6.45) is 2.77. The van der Waals surface area contributed by atoms with Crippen molar-refractivity contribution in [1.82, 2.24) is 9.97 Å². The Morgan fingerprint density at radius 3 is 3.12 bits per heavy atom. The Bertz CT molecular complexity index is 354. The van der Waals surface area contributed by atoms with Crippen molar-refractivity contribution in [2.45, 2.75) is 19.2 Å². The van der Waals surface area contributed by atoms with Crippen LogP contribution in [0.1, 0.15) is 17.7 Å². The van der Waals surface area contributed by atoms with Gasteiger partial charge in [-0.15, -0.1) is 11.6 Å². The highest BCUT2D eigenvalue weighted by Crippen LogP contribution is 2.15. The van der Waals surface area contributed by atoms with Crippen LogP contribution in [0.25, 0.3) is 0 Å². The fourth-order valence-electron chi connectivity index (χ4n) is 1.58. The SMILES string of the molecule is Cc1nc(OCC2CCOC2)ncc1CCl. The molecule has 1 atom stereocenters. The van der Waals surface area contributed by atoms with E-state index in [1.165, 1.54) is 0 Å². The third kappa shape index (κ3) is 2.83. The van der Waals surface area contributed by atoms with Crippen molar-refractivity contribution in [2.75, 3.05) is 19.8 Å². The van der Waals surface area contributed by atoms with Crippen LogP contribution in [0.3, 0.4) is 0 Å². The number of nitrogens with zero attached hydrogens (tertiary/aromatic N) is 2. The van der Waals surface area contributed by atoms with Gasteiger partial charge in [-0.05, 0) is 13.3 Å². The van der Waals surface area contributed by atoms with Crippen molar-refractivity contribution in [3.63, 3.8) is 0 Å². The molecule has 1 unspecified atom stereocenters. The van der Waals surface area contributed by atoms with E-state index in [-0.39, 0.29) is 0 Å². The summed E-state index contributed by atoms with van der Waals surface area (Å²) in [5, 5.41) is 0. The molecule has 1 aromatic rings. The van der Waals surface area contributed by atoms with Crippen molar-refractivity contribution in [3.8, 4) is 6.01 Å². The topological polar surface area (TPSA) is 44.2 Å². The molecule has 1 aliphatic heterocycles. The second kappa shape index (κ2) is 5.46. The first kappa shape index (κ1) is 11.6. The van der Waals surface area contributed by atoms with E-state index in [4.69, 9.17) is 21.1 Å². The van der Waals surface area contributed by atoms with Gasteiger partial charge >= 0.3 is 6.01 Å². The van der Waals surface area contributed by atoms with Gasteiger partial charge in [-0.25, -0.2) is 9.97 Å². The molecule has 0 bridgehead atoms. The van der Waals surface area contributed by atoms with Gasteiger partial charge in [-0.1, -0.05) is 0 Å². The van der Waals surface area contributed by atoms with Crippen LogP contribution < -0.4 is 4.74 Å². The van der Waals surface area contributed by atoms with E-state index in [1.807, 2.05) is 6.92 Å². The highest BCUT2D eigenvalue weighted by molar-refractivity contribution is 6.17. The molecule has 0 aromatic carbocycles. The highest BCUT2D eigenvalue weighted by atomic mass is 35.5. The molecule has 4 nitrogen and oxygen atoms in total. The van der Waals surface area contributed by atoms with Gasteiger partial charge in [0.2, 0.25) is 0 Å². The monoisotopic (exact) mass is 242 g/mol. The van der Waals surface area contributed by atoms with Crippen LogP contribution in [-0.4, -0.2) is 29.8 Å². The maximum atomic E-state index is 5.73. The van der Waals surface area contributed by atoms with Crippen molar-refractivity contribution in [2.24, 2.45) is 5.92 Å². The largest absolute Gasteiger partial charge is 0.463 e. The fraction of sp³-hybridized carbons (Fsp3) is 0.636. The van der Waals surface area contributed by atoms with Crippen LogP contribution in [0, 0.1) is 12.8 Å². The Labute approximate surface area is 99.9 Å². The molecule has 16 heavy (non-hydrogen) atoms. The standard InChI is InChI=1S/C11H15ClN2O2/c1-8-10(4-12)5-13-11(14-8)16-7-9-2-3-15-6-9/h5,9H,2-4,6-7H2,1H3. The molecule has 1 saturated heterocycles. The molecule has 5 heteroatoms. The molecule has 0 radical (unpaired) electrons. The lowest BCUT2D eigenvalue weighted by Crippen LogP contribution is -2.13. The molecule has 2 rings (SSSR count). The zero-order valence-electron chi connectivity index (χ0n) is 9.28. The van der Waals surface area contributed by atoms with Gasteiger partial charge in [-0.3, -0.25) is 0 Å². The third-order valence-corrected chi connectivity index (χ3v) is 2.96. The predicted molar refractivity (Wildman–Crippen MR) is 60.7 cm³/mol. The smallest absolute Gasteiger partial charge is 0.316 e. The van der Waals surface area contributed by atoms with Gasteiger partial charge in [0.05, 0.1) is 19.1 Å². The van der Waals surface area contributed by atoms with Gasteiger partial charge in [-0.2, -0.15) is 0 Å². The third-order valence-electron chi connectivity index (χ3n) is 2.67. The summed E-state index contributed by atoms with van der Waals surface area (Å²) in [7, 11) is 0. The molecule has 2 heterocycles. The first-order valence-electron chi connectivity index (χ1n) is 5.38. The molecule has 0 amide bonds. The minimum Gasteiger partial charge on any atom is -0.463 e. The van der Waals surface area contributed by atoms with Crippen LogP contribution in [0.5, 0.6) is 6.01 Å². The van der Waals surface area contributed by atoms with Crippen molar-refractivity contribution in [3.05, 3.63) is 17.5 Å². The molecular weight excluding hydrogens is 228 g/mol. The zero-order valence-corrected chi connectivity index (χ0v) is 10.0. The summed E-state index contributed by atoms with van der Waals surface area (Å²) in [6, 6.07) is 0.429. The predicted octanol–water partition coefficient (Wildman–Crippen LogP) is 1.94. The minimum atomic E-state index is 0.429. The summed E-state index contributed by atoms with van der Waals surface area (Å²) in [5.74, 6) is 0.902. The molecule has 0 N–H and O–H groups in total. The number of rotatable bonds is 4. The zero-order chi connectivity index (χ0) is 11.4. The van der Waals surface area contributed by atoms with E-state index in [0.717, 1.165) is 30.9 Å². The lowest BCUT2D eigenvalue weighted by Gasteiger charge is -2.09. The Morgan fingerprint density at radius 2 is 2.50 bits per heavy atom. The van der Waals surface area contributed by atoms with E-state index in [1.54, 1.807) is 6.20 Å². The summed E-state index contributed by atoms with van der Waals surface area (Å²) in [4.78, 5) is 8.36. The van der Waals surface area contributed by atoms with Gasteiger partial charge < -0.3 is 9.47 Å². The van der Waals surface area contributed by atoms with Crippen molar-refractivity contribution < 1.29 is 9.47 Å². The Hall–Kier alpha value is -0.870. The van der Waals surface area contributed by atoms with Crippen LogP contribution in [0.15, 0.2) is 6.20 Å². The van der Waals surface area contributed by atoms with Gasteiger partial charge in [0.25, 0.3) is 0 Å². The first-order valence-corrected chi connectivity index (χ1v) is 5.92. The highest BCUT2D eigenvalue weighted by Gasteiger charge is 2.16. The number of aromatic nitrogens is 2. The number of ether oxygens (including phenoxy) is 2. The average molecular weight is 243 g/mol. The molecular formula is C11H15ClN2O2. The van der Waals surface area contributed by atoms with Crippen LogP contribution in [0.2, 0.25) is 0 Å². The van der Waals surface area contributed by atoms with Crippen molar-refractivity contribution in [1.29, 1.82) is 0 Å². The first-order chi connectivity index (χ1) is 7.79. The molecule has 88 valence electrons. The maximum Gasteiger partial charge on any atom is 0.316 e. The number of hydrogen-bond acceptors (Lipinski definition) is 4. The Balaban J connectivity index is 1.91. The quantitative estimate of drug-likeness (QED) is 0.757. The normalized spacial score (nSPS) is 20.0. The van der Waals surface area contributed by atoms with Crippen LogP contribution in [-0.2, 0) is 10.6 Å². The Kier molecular flexibility index (Phi) is 3.96. The van der Waals surface area contributed by atoms with E-state index in [0.29, 0.717) is 24.4 Å². The lowest BCUT2D eigenvalue weighted by molar-refractivity contribution is 0.163. The van der Waals surface area contributed by atoms with Crippen molar-refractivity contribution >= 4 is 11.6 Å². The average Bonchev–Trinajstić information content (AvgIpc) is 2.79. The molecule has 0 aliphatic carbocycles. The van der Waals surface area contributed by atoms with E-state index in [9.17, 15) is 0 Å². The van der Waals surface area contributed by atoms with E-state index < -0.39 is 0 Å². The van der Waals surface area contributed by atoms with Crippen LogP contribution >= 0.6 is 11.6 Å². The maximum absolute atomic E-state index is 5.73. The number of aryl methyl sites for hydroxylation is 1. The van der Waals surface area contributed by atoms with Gasteiger partial charge in [0.15, 0.2) is 0 Å². The number of hydrogen-bond donors (Lipinski definition) is 0. The van der Waals surface area contributed by atoms with E-state index in [2.05, 4.69) is 9.97 Å². The molecule has 1 fully saturated rings. The summed E-state index contributed by atoms with van der Waals surface area (Å²) in [5.41, 5.74) is 1.82. The summed E-state index contributed by atoms with van der Waals surface area (Å²) in [6.45, 7) is 4.14. The summed E-state index contributed by atoms with van der Waals surface area (Å²) < 4.78 is 10.8. The Morgan fingerprint density at radius 1 is 1.62 bits per heavy atom. The van der Waals surface area contributed by atoms with E-state index >= 15 is 0 Å². The fourth-order valence-corrected chi connectivity index (χ4v) is 1.84. The molecule has 1 aromatic heterocycles. The van der Waals surface area contributed by atoms with Crippen LogP contribution in [0.4, 0.5) is 0 Å².